The van der Waals surface area contributed by atoms with Crippen molar-refractivity contribution in [3.05, 3.63) is 49.8 Å². The molecule has 2 unspecified atom stereocenters. The van der Waals surface area contributed by atoms with Crippen molar-refractivity contribution in [2.75, 3.05) is 39.4 Å². The lowest BCUT2D eigenvalue weighted by Crippen LogP contribution is -2.49. The quantitative estimate of drug-likeness (QED) is 0.573. The molecule has 1 N–H and O–H groups in total. The fraction of sp³-hybridized carbons (Fsp3) is 0.654. The van der Waals surface area contributed by atoms with Gasteiger partial charge in [0, 0.05) is 63.7 Å². The molecular weight excluding hydrogens is 535 g/mol. The maximum Gasteiger partial charge on any atom is 0.416 e. The number of carbonyl (C=O) groups is 1. The average molecular weight is 568 g/mol. The van der Waals surface area contributed by atoms with Crippen molar-refractivity contribution < 1.29 is 27.4 Å². The van der Waals surface area contributed by atoms with Crippen LogP contribution in [-0.2, 0) is 40.0 Å². The summed E-state index contributed by atoms with van der Waals surface area (Å²) >= 11 is 1.61. The summed E-state index contributed by atoms with van der Waals surface area (Å²) in [6.07, 6.45) is -1.12. The number of amides is 1. The number of ether oxygens (including phenoxy) is 2. The molecule has 6 rings (SSSR count). The second kappa shape index (κ2) is 10.9. The van der Waals surface area contributed by atoms with Gasteiger partial charge in [0.25, 0.3) is 5.56 Å². The van der Waals surface area contributed by atoms with Gasteiger partial charge >= 0.3 is 6.18 Å². The smallest absolute Gasteiger partial charge is 0.381 e. The second-order valence-corrected chi connectivity index (χ2v) is 11.7. The summed E-state index contributed by atoms with van der Waals surface area (Å²) in [6, 6.07) is 1.83. The molecule has 212 valence electrons. The molecule has 4 aliphatic rings. The number of likely N-dealkylation sites (tertiary alicyclic amines) is 1. The number of nitrogens with zero attached hydrogens (tertiary/aromatic N) is 4. The number of hydrogen-bond acceptors (Lipinski definition) is 8. The first kappa shape index (κ1) is 26.9. The number of pyridine rings is 1. The molecule has 13 heteroatoms. The Balaban J connectivity index is 1.12. The van der Waals surface area contributed by atoms with Crippen molar-refractivity contribution in [2.45, 2.75) is 69.2 Å². The van der Waals surface area contributed by atoms with Gasteiger partial charge in [-0.15, -0.1) is 11.3 Å². The highest BCUT2D eigenvalue weighted by Crippen LogP contribution is 2.38. The zero-order valence-corrected chi connectivity index (χ0v) is 22.3. The molecule has 5 heterocycles. The first-order valence-electron chi connectivity index (χ1n) is 13.5. The first-order valence-corrected chi connectivity index (χ1v) is 14.3. The molecule has 2 fully saturated rings. The van der Waals surface area contributed by atoms with Crippen LogP contribution in [0.25, 0.3) is 0 Å². The van der Waals surface area contributed by atoms with E-state index in [-0.39, 0.29) is 49.5 Å². The highest BCUT2D eigenvalue weighted by Gasteiger charge is 2.41. The maximum atomic E-state index is 13.2. The predicted octanol–water partition coefficient (Wildman–Crippen LogP) is 2.19. The van der Waals surface area contributed by atoms with Crippen LogP contribution in [0.3, 0.4) is 0 Å². The highest BCUT2D eigenvalue weighted by molar-refractivity contribution is 7.09. The summed E-state index contributed by atoms with van der Waals surface area (Å²) in [5, 5.41) is 3.17. The van der Waals surface area contributed by atoms with Crippen molar-refractivity contribution in [3.63, 3.8) is 0 Å². The zero-order valence-electron chi connectivity index (χ0n) is 21.5. The Morgan fingerprint density at radius 2 is 2.00 bits per heavy atom. The second-order valence-electron chi connectivity index (χ2n) is 10.8. The molecule has 1 amide bonds. The third-order valence-electron chi connectivity index (χ3n) is 8.23. The van der Waals surface area contributed by atoms with Crippen LogP contribution < -0.4 is 10.9 Å². The van der Waals surface area contributed by atoms with E-state index in [4.69, 9.17) is 9.47 Å². The van der Waals surface area contributed by atoms with Gasteiger partial charge in [-0.05, 0) is 31.7 Å². The van der Waals surface area contributed by atoms with Gasteiger partial charge in [-0.1, -0.05) is 0 Å². The normalized spacial score (nSPS) is 26.5. The van der Waals surface area contributed by atoms with Gasteiger partial charge in [0.05, 0.1) is 46.4 Å². The summed E-state index contributed by atoms with van der Waals surface area (Å²) in [7, 11) is 0. The van der Waals surface area contributed by atoms with Crippen molar-refractivity contribution in [1.29, 1.82) is 0 Å². The van der Waals surface area contributed by atoms with Gasteiger partial charge in [-0.3, -0.25) is 19.4 Å². The molecule has 0 spiro atoms. The minimum absolute atomic E-state index is 0.0220. The van der Waals surface area contributed by atoms with E-state index < -0.39 is 17.3 Å². The minimum atomic E-state index is -4.60. The Bertz CT molecular complexity index is 1260. The van der Waals surface area contributed by atoms with Crippen LogP contribution in [0.4, 0.5) is 13.2 Å². The zero-order chi connectivity index (χ0) is 27.1. The van der Waals surface area contributed by atoms with Crippen molar-refractivity contribution in [3.8, 4) is 0 Å². The van der Waals surface area contributed by atoms with Crippen LogP contribution in [-0.4, -0.2) is 82.8 Å². The summed E-state index contributed by atoms with van der Waals surface area (Å²) in [5.41, 5.74) is 1.59. The third kappa shape index (κ3) is 5.78. The highest BCUT2D eigenvalue weighted by atomic mass is 32.1. The largest absolute Gasteiger partial charge is 0.416 e. The maximum absolute atomic E-state index is 13.2. The Kier molecular flexibility index (Phi) is 7.53. The van der Waals surface area contributed by atoms with Crippen LogP contribution in [0.2, 0.25) is 0 Å². The van der Waals surface area contributed by atoms with Crippen molar-refractivity contribution >= 4 is 17.2 Å². The lowest BCUT2D eigenvalue weighted by Gasteiger charge is -2.31. The Morgan fingerprint density at radius 1 is 1.18 bits per heavy atom. The van der Waals surface area contributed by atoms with E-state index in [0.717, 1.165) is 57.2 Å². The summed E-state index contributed by atoms with van der Waals surface area (Å²) < 4.78 is 53.2. The van der Waals surface area contributed by atoms with E-state index in [0.29, 0.717) is 25.2 Å². The Hall–Kier alpha value is -2.32. The number of aromatic nitrogens is 2. The SMILES string of the molecule is O=C(CN1CCn2c(cc(C(F)(F)F)cc2=O)C1)NC1CN(C2CCOCC2)C[C@@H]1OC1CCc2ncsc21. The molecule has 0 saturated carbocycles. The molecule has 3 aliphatic heterocycles. The molecule has 1 aliphatic carbocycles. The average Bonchev–Trinajstić information content (AvgIpc) is 3.62. The molecule has 2 saturated heterocycles. The minimum Gasteiger partial charge on any atom is -0.381 e. The van der Waals surface area contributed by atoms with E-state index in [9.17, 15) is 22.8 Å². The number of hydrogen-bond donors (Lipinski definition) is 1. The molecule has 0 radical (unpaired) electrons. The van der Waals surface area contributed by atoms with Crippen LogP contribution in [0.5, 0.6) is 0 Å². The number of thiazole rings is 1. The Labute approximate surface area is 227 Å². The van der Waals surface area contributed by atoms with Gasteiger partial charge in [-0.25, -0.2) is 4.98 Å². The lowest BCUT2D eigenvalue weighted by atomic mass is 10.1. The molecule has 2 aromatic rings. The Morgan fingerprint density at radius 3 is 2.79 bits per heavy atom. The molecule has 0 aromatic carbocycles. The lowest BCUT2D eigenvalue weighted by molar-refractivity contribution is -0.138. The molecule has 2 aromatic heterocycles. The topological polar surface area (TPSA) is 88.9 Å². The van der Waals surface area contributed by atoms with E-state index >= 15 is 0 Å². The first-order chi connectivity index (χ1) is 18.7. The third-order valence-corrected chi connectivity index (χ3v) is 9.19. The van der Waals surface area contributed by atoms with Crippen LogP contribution >= 0.6 is 11.3 Å². The number of nitrogens with one attached hydrogen (secondary N) is 1. The molecule has 39 heavy (non-hydrogen) atoms. The van der Waals surface area contributed by atoms with Gasteiger partial charge < -0.3 is 19.4 Å². The van der Waals surface area contributed by atoms with Crippen LogP contribution in [0.1, 0.15) is 47.2 Å². The van der Waals surface area contributed by atoms with Gasteiger partial charge in [0.1, 0.15) is 0 Å². The number of rotatable bonds is 6. The molecule has 3 atom stereocenters. The standard InChI is InChI=1S/C26H32F3N5O4S/c27-26(28,29)16-9-18-11-32(5-6-34(18)24(36)10-16)14-23(35)31-20-12-33(17-3-7-37-8-4-17)13-22(20)38-21-2-1-19-25(21)39-15-30-19/h9-10,15,17,20-22H,1-8,11-14H2,(H,31,35)/t20?,21?,22-/m0/s1. The summed E-state index contributed by atoms with van der Waals surface area (Å²) in [6.45, 7) is 3.63. The monoisotopic (exact) mass is 567 g/mol. The van der Waals surface area contributed by atoms with Crippen LogP contribution in [0.15, 0.2) is 22.4 Å². The van der Waals surface area contributed by atoms with E-state index in [1.165, 1.54) is 9.44 Å². The number of carbonyl (C=O) groups excluding carboxylic acids is 1. The number of halogens is 3. The molecule has 9 nitrogen and oxygen atoms in total. The van der Waals surface area contributed by atoms with E-state index in [1.54, 1.807) is 16.2 Å². The van der Waals surface area contributed by atoms with Crippen molar-refractivity contribution in [1.82, 2.24) is 24.7 Å². The number of fused-ring (bicyclic) bond motifs is 2. The van der Waals surface area contributed by atoms with Gasteiger partial charge in [-0.2, -0.15) is 13.2 Å². The summed E-state index contributed by atoms with van der Waals surface area (Å²) in [4.78, 5) is 35.2. The van der Waals surface area contributed by atoms with E-state index in [1.807, 2.05) is 5.51 Å². The molecule has 0 bridgehead atoms. The predicted molar refractivity (Wildman–Crippen MR) is 136 cm³/mol. The van der Waals surface area contributed by atoms with Gasteiger partial charge in [0.15, 0.2) is 0 Å². The number of alkyl halides is 3. The van der Waals surface area contributed by atoms with E-state index in [2.05, 4.69) is 15.2 Å². The van der Waals surface area contributed by atoms with Crippen LogP contribution in [0, 0.1) is 0 Å². The van der Waals surface area contributed by atoms with Gasteiger partial charge in [0.2, 0.25) is 5.91 Å². The van der Waals surface area contributed by atoms with Crippen molar-refractivity contribution in [2.24, 2.45) is 0 Å². The fourth-order valence-corrected chi connectivity index (χ4v) is 7.15. The molecular formula is C26H32F3N5O4S. The fourth-order valence-electron chi connectivity index (χ4n) is 6.24. The number of aryl methyl sites for hydroxylation is 1. The summed E-state index contributed by atoms with van der Waals surface area (Å²) in [5.74, 6) is -0.199.